The Labute approximate surface area is 186 Å². The Morgan fingerprint density at radius 1 is 1.21 bits per heavy atom. The number of benzene rings is 1. The number of carbonyl (C=O) groups excluding carboxylic acids is 1. The number of nitrogens with zero attached hydrogens (tertiary/aromatic N) is 2. The molecule has 1 saturated heterocycles. The zero-order valence-electron chi connectivity index (χ0n) is 17.4. The molecule has 0 aliphatic carbocycles. The smallest absolute Gasteiger partial charge is 0.220 e. The molecule has 0 unspecified atom stereocenters. The molecule has 2 rings (SSSR count). The van der Waals surface area contributed by atoms with Crippen LogP contribution in [0.25, 0.3) is 0 Å². The number of aliphatic imine (C=N–C) groups is 1. The van der Waals surface area contributed by atoms with Gasteiger partial charge in [-0.25, -0.2) is 0 Å². The van der Waals surface area contributed by atoms with Gasteiger partial charge < -0.3 is 20.3 Å². The van der Waals surface area contributed by atoms with Crippen LogP contribution in [-0.4, -0.2) is 57.6 Å². The molecule has 0 aromatic heterocycles. The van der Waals surface area contributed by atoms with E-state index >= 15 is 0 Å². The van der Waals surface area contributed by atoms with Gasteiger partial charge in [-0.2, -0.15) is 0 Å². The molecule has 0 spiro atoms. The number of methoxy groups -OCH3 is 1. The van der Waals surface area contributed by atoms with Crippen molar-refractivity contribution in [1.29, 1.82) is 0 Å². The lowest BCUT2D eigenvalue weighted by molar-refractivity contribution is -0.121. The fourth-order valence-electron chi connectivity index (χ4n) is 3.49. The third-order valence-corrected chi connectivity index (χ3v) is 5.21. The van der Waals surface area contributed by atoms with Crippen LogP contribution in [0.4, 0.5) is 0 Å². The maximum atomic E-state index is 11.5. The summed E-state index contributed by atoms with van der Waals surface area (Å²) in [5, 5.41) is 6.21. The van der Waals surface area contributed by atoms with Gasteiger partial charge in [0, 0.05) is 40.2 Å². The maximum absolute atomic E-state index is 11.5. The molecular formula is C21H35IN4O2. The minimum atomic E-state index is 0. The Balaban J connectivity index is 0.00000392. The average Bonchev–Trinajstić information content (AvgIpc) is 2.72. The molecule has 1 fully saturated rings. The van der Waals surface area contributed by atoms with Crippen LogP contribution in [0.15, 0.2) is 29.3 Å². The second kappa shape index (κ2) is 13.6. The third-order valence-electron chi connectivity index (χ3n) is 5.21. The van der Waals surface area contributed by atoms with Gasteiger partial charge >= 0.3 is 0 Å². The molecule has 28 heavy (non-hydrogen) atoms. The number of unbranched alkanes of at least 4 members (excludes halogenated alkanes) is 1. The SMILES string of the molecule is CN=C(NCCCCc1ccc(OC)cc1)N1CCC(CC(=O)NC)CC1.I. The van der Waals surface area contributed by atoms with E-state index in [1.165, 1.54) is 5.56 Å². The first kappa shape index (κ1) is 24.5. The van der Waals surface area contributed by atoms with Crippen molar-refractivity contribution < 1.29 is 9.53 Å². The summed E-state index contributed by atoms with van der Waals surface area (Å²) in [6.45, 7) is 2.86. The van der Waals surface area contributed by atoms with E-state index in [1.54, 1.807) is 14.2 Å². The van der Waals surface area contributed by atoms with Crippen LogP contribution >= 0.6 is 24.0 Å². The van der Waals surface area contributed by atoms with E-state index in [1.807, 2.05) is 19.2 Å². The molecule has 0 saturated carbocycles. The zero-order valence-corrected chi connectivity index (χ0v) is 19.7. The summed E-state index contributed by atoms with van der Waals surface area (Å²) in [5.41, 5.74) is 1.35. The number of likely N-dealkylation sites (tertiary alicyclic amines) is 1. The number of carbonyl (C=O) groups is 1. The van der Waals surface area contributed by atoms with Crippen molar-refractivity contribution in [2.24, 2.45) is 10.9 Å². The predicted octanol–water partition coefficient (Wildman–Crippen LogP) is 3.06. The number of hydrogen-bond donors (Lipinski definition) is 2. The normalized spacial score (nSPS) is 15.0. The molecule has 0 bridgehead atoms. The van der Waals surface area contributed by atoms with Gasteiger partial charge in [0.25, 0.3) is 0 Å². The van der Waals surface area contributed by atoms with Crippen LogP contribution < -0.4 is 15.4 Å². The monoisotopic (exact) mass is 502 g/mol. The minimum absolute atomic E-state index is 0. The molecule has 1 aromatic rings. The average molecular weight is 502 g/mol. The van der Waals surface area contributed by atoms with Gasteiger partial charge in [0.15, 0.2) is 5.96 Å². The highest BCUT2D eigenvalue weighted by atomic mass is 127. The first-order valence-electron chi connectivity index (χ1n) is 9.95. The molecule has 158 valence electrons. The number of ether oxygens (including phenoxy) is 1. The van der Waals surface area contributed by atoms with E-state index in [4.69, 9.17) is 4.74 Å². The summed E-state index contributed by atoms with van der Waals surface area (Å²) in [7, 11) is 5.24. The van der Waals surface area contributed by atoms with Crippen LogP contribution in [0, 0.1) is 5.92 Å². The Morgan fingerprint density at radius 3 is 2.46 bits per heavy atom. The number of hydrogen-bond acceptors (Lipinski definition) is 3. The van der Waals surface area contributed by atoms with E-state index in [2.05, 4.69) is 32.7 Å². The number of amides is 1. The van der Waals surface area contributed by atoms with Crippen molar-refractivity contribution in [3.8, 4) is 5.75 Å². The van der Waals surface area contributed by atoms with Gasteiger partial charge in [0.05, 0.1) is 7.11 Å². The number of halogens is 1. The summed E-state index contributed by atoms with van der Waals surface area (Å²) < 4.78 is 5.19. The third kappa shape index (κ3) is 8.24. The number of aryl methyl sites for hydroxylation is 1. The zero-order chi connectivity index (χ0) is 19.5. The van der Waals surface area contributed by atoms with E-state index < -0.39 is 0 Å². The van der Waals surface area contributed by atoms with E-state index in [9.17, 15) is 4.79 Å². The molecule has 1 aliphatic rings. The van der Waals surface area contributed by atoms with E-state index in [0.29, 0.717) is 12.3 Å². The van der Waals surface area contributed by atoms with Crippen LogP contribution in [0.2, 0.25) is 0 Å². The summed E-state index contributed by atoms with van der Waals surface area (Å²) in [6.07, 6.45) is 6.07. The van der Waals surface area contributed by atoms with Gasteiger partial charge in [0.1, 0.15) is 5.75 Å². The minimum Gasteiger partial charge on any atom is -0.497 e. The topological polar surface area (TPSA) is 66.0 Å². The molecule has 0 atom stereocenters. The summed E-state index contributed by atoms with van der Waals surface area (Å²) in [4.78, 5) is 18.3. The van der Waals surface area contributed by atoms with Crippen molar-refractivity contribution in [3.63, 3.8) is 0 Å². The second-order valence-corrected chi connectivity index (χ2v) is 7.09. The fraction of sp³-hybridized carbons (Fsp3) is 0.619. The van der Waals surface area contributed by atoms with Crippen LogP contribution in [0.5, 0.6) is 5.75 Å². The van der Waals surface area contributed by atoms with Crippen molar-refractivity contribution in [3.05, 3.63) is 29.8 Å². The highest BCUT2D eigenvalue weighted by molar-refractivity contribution is 14.0. The lowest BCUT2D eigenvalue weighted by Crippen LogP contribution is -2.46. The lowest BCUT2D eigenvalue weighted by atomic mass is 9.93. The Morgan fingerprint density at radius 2 is 1.89 bits per heavy atom. The first-order chi connectivity index (χ1) is 13.2. The number of piperidine rings is 1. The molecule has 0 radical (unpaired) electrons. The fourth-order valence-corrected chi connectivity index (χ4v) is 3.49. The van der Waals surface area contributed by atoms with E-state index in [0.717, 1.165) is 63.4 Å². The van der Waals surface area contributed by atoms with Crippen LogP contribution in [0.3, 0.4) is 0 Å². The number of nitrogens with one attached hydrogen (secondary N) is 2. The number of guanidine groups is 1. The van der Waals surface area contributed by atoms with Gasteiger partial charge in [-0.3, -0.25) is 9.79 Å². The number of rotatable bonds is 8. The molecule has 1 aromatic carbocycles. The summed E-state index contributed by atoms with van der Waals surface area (Å²) >= 11 is 0. The molecule has 6 nitrogen and oxygen atoms in total. The Bertz CT molecular complexity index is 599. The van der Waals surface area contributed by atoms with Gasteiger partial charge in [0.2, 0.25) is 5.91 Å². The van der Waals surface area contributed by atoms with Crippen molar-refractivity contribution >= 4 is 35.8 Å². The van der Waals surface area contributed by atoms with Gasteiger partial charge in [-0.05, 0) is 55.7 Å². The maximum Gasteiger partial charge on any atom is 0.220 e. The van der Waals surface area contributed by atoms with Gasteiger partial charge in [-0.1, -0.05) is 12.1 Å². The Hall–Kier alpha value is -1.51. The standard InChI is InChI=1S/C21H34N4O2.HI/c1-22-20(26)16-18-11-14-25(15-12-18)21(23-2)24-13-5-4-6-17-7-9-19(27-3)10-8-17;/h7-10,18H,4-6,11-16H2,1-3H3,(H,22,26)(H,23,24);1H. The molecule has 1 amide bonds. The molecule has 1 aliphatic heterocycles. The second-order valence-electron chi connectivity index (χ2n) is 7.09. The molecule has 7 heteroatoms. The molecular weight excluding hydrogens is 467 g/mol. The largest absolute Gasteiger partial charge is 0.497 e. The highest BCUT2D eigenvalue weighted by Gasteiger charge is 2.22. The van der Waals surface area contributed by atoms with Crippen molar-refractivity contribution in [2.75, 3.05) is 40.8 Å². The van der Waals surface area contributed by atoms with Crippen LogP contribution in [-0.2, 0) is 11.2 Å². The van der Waals surface area contributed by atoms with Crippen molar-refractivity contribution in [2.45, 2.75) is 38.5 Å². The highest BCUT2D eigenvalue weighted by Crippen LogP contribution is 2.20. The molecule has 2 N–H and O–H groups in total. The summed E-state index contributed by atoms with van der Waals surface area (Å²) in [5.74, 6) is 2.53. The predicted molar refractivity (Wildman–Crippen MR) is 126 cm³/mol. The first-order valence-corrected chi connectivity index (χ1v) is 9.95. The van der Waals surface area contributed by atoms with E-state index in [-0.39, 0.29) is 29.9 Å². The van der Waals surface area contributed by atoms with Crippen LogP contribution in [0.1, 0.15) is 37.7 Å². The van der Waals surface area contributed by atoms with Crippen molar-refractivity contribution in [1.82, 2.24) is 15.5 Å². The Kier molecular flexibility index (Phi) is 11.9. The quantitative estimate of drug-likeness (QED) is 0.248. The van der Waals surface area contributed by atoms with Gasteiger partial charge in [-0.15, -0.1) is 24.0 Å². The lowest BCUT2D eigenvalue weighted by Gasteiger charge is -2.34. The molecule has 1 heterocycles. The summed E-state index contributed by atoms with van der Waals surface area (Å²) in [6, 6.07) is 8.30.